The Morgan fingerprint density at radius 1 is 1.69 bits per heavy atom. The largest absolute Gasteiger partial charge is 0.467 e. The van der Waals surface area contributed by atoms with Gasteiger partial charge in [-0.3, -0.25) is 9.67 Å². The SMILES string of the molecule is Cc1n[nH]c(=S)n1Cc1ccco1. The standard InChI is InChI=1S/C8H9N3OS/c1-6-9-10-8(13)11(6)5-7-3-2-4-12-7/h2-4H,5H2,1H3,(H,10,13). The summed E-state index contributed by atoms with van der Waals surface area (Å²) < 4.78 is 7.71. The van der Waals surface area contributed by atoms with E-state index in [-0.39, 0.29) is 0 Å². The number of hydrogen-bond donors (Lipinski definition) is 1. The summed E-state index contributed by atoms with van der Waals surface area (Å²) in [5, 5.41) is 6.72. The van der Waals surface area contributed by atoms with Gasteiger partial charge >= 0.3 is 0 Å². The molecule has 0 fully saturated rings. The molecule has 0 bridgehead atoms. The summed E-state index contributed by atoms with van der Waals surface area (Å²) in [5.74, 6) is 1.74. The normalized spacial score (nSPS) is 10.5. The zero-order chi connectivity index (χ0) is 9.26. The second-order valence-corrected chi connectivity index (χ2v) is 3.13. The Balaban J connectivity index is 2.33. The van der Waals surface area contributed by atoms with E-state index in [1.807, 2.05) is 23.6 Å². The molecule has 0 unspecified atom stereocenters. The molecule has 0 aliphatic heterocycles. The van der Waals surface area contributed by atoms with Crippen LogP contribution in [-0.2, 0) is 6.54 Å². The van der Waals surface area contributed by atoms with Crippen molar-refractivity contribution in [2.24, 2.45) is 0 Å². The first-order chi connectivity index (χ1) is 6.27. The van der Waals surface area contributed by atoms with Gasteiger partial charge in [-0.2, -0.15) is 5.10 Å². The maximum absolute atomic E-state index is 5.21. The van der Waals surface area contributed by atoms with Crippen LogP contribution in [0.15, 0.2) is 22.8 Å². The Kier molecular flexibility index (Phi) is 2.02. The van der Waals surface area contributed by atoms with Gasteiger partial charge in [0, 0.05) is 0 Å². The summed E-state index contributed by atoms with van der Waals surface area (Å²) in [4.78, 5) is 0. The maximum atomic E-state index is 5.21. The highest BCUT2D eigenvalue weighted by atomic mass is 32.1. The van der Waals surface area contributed by atoms with Gasteiger partial charge in [-0.1, -0.05) is 0 Å². The van der Waals surface area contributed by atoms with E-state index >= 15 is 0 Å². The Labute approximate surface area is 80.2 Å². The number of aromatic nitrogens is 3. The minimum atomic E-state index is 0.619. The van der Waals surface area contributed by atoms with Crippen molar-refractivity contribution in [1.82, 2.24) is 14.8 Å². The fraction of sp³-hybridized carbons (Fsp3) is 0.250. The summed E-state index contributed by atoms with van der Waals surface area (Å²) in [5.41, 5.74) is 0. The second kappa shape index (κ2) is 3.18. The zero-order valence-corrected chi connectivity index (χ0v) is 7.97. The van der Waals surface area contributed by atoms with Crippen molar-refractivity contribution in [2.45, 2.75) is 13.5 Å². The molecule has 0 atom stereocenters. The van der Waals surface area contributed by atoms with E-state index in [2.05, 4.69) is 10.2 Å². The molecule has 0 amide bonds. The highest BCUT2D eigenvalue weighted by Gasteiger charge is 2.02. The van der Waals surface area contributed by atoms with Crippen molar-refractivity contribution in [3.05, 3.63) is 34.8 Å². The lowest BCUT2D eigenvalue weighted by Gasteiger charge is -1.99. The summed E-state index contributed by atoms with van der Waals surface area (Å²) in [6.07, 6.45) is 1.65. The highest BCUT2D eigenvalue weighted by Crippen LogP contribution is 2.05. The molecule has 4 nitrogen and oxygen atoms in total. The first-order valence-electron chi connectivity index (χ1n) is 3.91. The molecule has 0 saturated heterocycles. The number of nitrogens with one attached hydrogen (secondary N) is 1. The van der Waals surface area contributed by atoms with Crippen LogP contribution in [0.25, 0.3) is 0 Å². The summed E-state index contributed by atoms with van der Waals surface area (Å²) in [6.45, 7) is 2.53. The number of aryl methyl sites for hydroxylation is 1. The molecule has 0 aliphatic carbocycles. The van der Waals surface area contributed by atoms with Gasteiger partial charge in [-0.25, -0.2) is 0 Å². The number of furan rings is 1. The molecule has 2 aromatic rings. The van der Waals surface area contributed by atoms with Crippen LogP contribution in [0.3, 0.4) is 0 Å². The molecule has 0 spiro atoms. The predicted octanol–water partition coefficient (Wildman–Crippen LogP) is 1.89. The van der Waals surface area contributed by atoms with E-state index in [9.17, 15) is 0 Å². The Morgan fingerprint density at radius 2 is 2.54 bits per heavy atom. The van der Waals surface area contributed by atoms with Crippen molar-refractivity contribution in [3.8, 4) is 0 Å². The van der Waals surface area contributed by atoms with Crippen molar-refractivity contribution in [1.29, 1.82) is 0 Å². The monoisotopic (exact) mass is 195 g/mol. The van der Waals surface area contributed by atoms with E-state index in [4.69, 9.17) is 16.6 Å². The van der Waals surface area contributed by atoms with Crippen LogP contribution in [-0.4, -0.2) is 14.8 Å². The number of H-pyrrole nitrogens is 1. The molecule has 2 rings (SSSR count). The van der Waals surface area contributed by atoms with Gasteiger partial charge in [0.2, 0.25) is 0 Å². The van der Waals surface area contributed by atoms with E-state index in [0.717, 1.165) is 11.6 Å². The molecule has 0 aromatic carbocycles. The number of aromatic amines is 1. The maximum Gasteiger partial charge on any atom is 0.195 e. The molecule has 2 aromatic heterocycles. The molecular weight excluding hydrogens is 186 g/mol. The van der Waals surface area contributed by atoms with Crippen LogP contribution in [0.2, 0.25) is 0 Å². The molecule has 0 aliphatic rings. The summed E-state index contributed by atoms with van der Waals surface area (Å²) in [7, 11) is 0. The number of rotatable bonds is 2. The first kappa shape index (κ1) is 8.25. The topological polar surface area (TPSA) is 46.8 Å². The lowest BCUT2D eigenvalue weighted by molar-refractivity contribution is 0.489. The van der Waals surface area contributed by atoms with Crippen molar-refractivity contribution < 1.29 is 4.42 Å². The van der Waals surface area contributed by atoms with Crippen LogP contribution in [0, 0.1) is 11.7 Å². The zero-order valence-electron chi connectivity index (χ0n) is 7.15. The highest BCUT2D eigenvalue weighted by molar-refractivity contribution is 7.71. The third-order valence-corrected chi connectivity index (χ3v) is 2.15. The summed E-state index contributed by atoms with van der Waals surface area (Å²) >= 11 is 5.05. The minimum Gasteiger partial charge on any atom is -0.467 e. The van der Waals surface area contributed by atoms with Gasteiger partial charge in [0.25, 0.3) is 0 Å². The van der Waals surface area contributed by atoms with Gasteiger partial charge in [0.05, 0.1) is 12.8 Å². The van der Waals surface area contributed by atoms with Crippen molar-refractivity contribution in [2.75, 3.05) is 0 Å². The van der Waals surface area contributed by atoms with Gasteiger partial charge in [-0.15, -0.1) is 0 Å². The van der Waals surface area contributed by atoms with Crippen LogP contribution in [0.1, 0.15) is 11.6 Å². The van der Waals surface area contributed by atoms with E-state index < -0.39 is 0 Å². The quantitative estimate of drug-likeness (QED) is 0.744. The molecule has 0 saturated carbocycles. The number of hydrogen-bond acceptors (Lipinski definition) is 3. The summed E-state index contributed by atoms with van der Waals surface area (Å²) in [6, 6.07) is 3.77. The van der Waals surface area contributed by atoms with Crippen LogP contribution in [0.4, 0.5) is 0 Å². The average molecular weight is 195 g/mol. The van der Waals surface area contributed by atoms with Gasteiger partial charge in [0.15, 0.2) is 4.77 Å². The van der Waals surface area contributed by atoms with Crippen LogP contribution in [0.5, 0.6) is 0 Å². The van der Waals surface area contributed by atoms with Gasteiger partial charge in [0.1, 0.15) is 11.6 Å². The van der Waals surface area contributed by atoms with E-state index in [1.165, 1.54) is 0 Å². The Bertz CT molecular complexity index is 440. The minimum absolute atomic E-state index is 0.619. The lowest BCUT2D eigenvalue weighted by atomic mass is 10.4. The fourth-order valence-electron chi connectivity index (χ4n) is 1.14. The first-order valence-corrected chi connectivity index (χ1v) is 4.32. The molecule has 0 radical (unpaired) electrons. The average Bonchev–Trinajstić information content (AvgIpc) is 2.70. The predicted molar refractivity (Wildman–Crippen MR) is 50.0 cm³/mol. The van der Waals surface area contributed by atoms with Gasteiger partial charge < -0.3 is 4.42 Å². The fourth-order valence-corrected chi connectivity index (χ4v) is 1.38. The Morgan fingerprint density at radius 3 is 3.08 bits per heavy atom. The molecule has 5 heteroatoms. The molecule has 2 heterocycles. The lowest BCUT2D eigenvalue weighted by Crippen LogP contribution is -2.00. The van der Waals surface area contributed by atoms with Crippen LogP contribution >= 0.6 is 12.2 Å². The Hall–Kier alpha value is -1.36. The molecule has 68 valence electrons. The second-order valence-electron chi connectivity index (χ2n) is 2.74. The van der Waals surface area contributed by atoms with Crippen molar-refractivity contribution >= 4 is 12.2 Å². The van der Waals surface area contributed by atoms with Gasteiger partial charge in [-0.05, 0) is 31.3 Å². The molecular formula is C8H9N3OS. The van der Waals surface area contributed by atoms with Crippen LogP contribution < -0.4 is 0 Å². The number of nitrogens with zero attached hydrogens (tertiary/aromatic N) is 2. The third-order valence-electron chi connectivity index (χ3n) is 1.84. The molecule has 13 heavy (non-hydrogen) atoms. The smallest absolute Gasteiger partial charge is 0.195 e. The molecule has 1 N–H and O–H groups in total. The van der Waals surface area contributed by atoms with E-state index in [0.29, 0.717) is 11.3 Å². The van der Waals surface area contributed by atoms with E-state index in [1.54, 1.807) is 6.26 Å². The third kappa shape index (κ3) is 1.55. The van der Waals surface area contributed by atoms with Crippen molar-refractivity contribution in [3.63, 3.8) is 0 Å².